The largest absolute Gasteiger partial charge is 0.478 e. The van der Waals surface area contributed by atoms with E-state index in [1.54, 1.807) is 17.0 Å². The highest BCUT2D eigenvalue weighted by Crippen LogP contribution is 2.29. The highest BCUT2D eigenvalue weighted by molar-refractivity contribution is 5.97. The molecule has 1 aliphatic heterocycles. The van der Waals surface area contributed by atoms with E-state index in [2.05, 4.69) is 34.5 Å². The zero-order valence-corrected chi connectivity index (χ0v) is 19.9. The first-order valence-electron chi connectivity index (χ1n) is 11.9. The number of hydrogen-bond acceptors (Lipinski definition) is 5. The van der Waals surface area contributed by atoms with Crippen LogP contribution in [-0.2, 0) is 11.3 Å². The van der Waals surface area contributed by atoms with Crippen molar-refractivity contribution in [3.8, 4) is 6.07 Å². The normalized spacial score (nSPS) is 14.3. The van der Waals surface area contributed by atoms with Crippen LogP contribution in [0, 0.1) is 11.3 Å². The third-order valence-electron chi connectivity index (χ3n) is 6.30. The van der Waals surface area contributed by atoms with E-state index in [-0.39, 0.29) is 23.1 Å². The second-order valence-electron chi connectivity index (χ2n) is 8.60. The summed E-state index contributed by atoms with van der Waals surface area (Å²) in [5.74, 6) is -1.27. The molecule has 36 heavy (non-hydrogen) atoms. The van der Waals surface area contributed by atoms with Crippen molar-refractivity contribution in [2.45, 2.75) is 12.6 Å². The summed E-state index contributed by atoms with van der Waals surface area (Å²) in [7, 11) is 0. The van der Waals surface area contributed by atoms with Crippen LogP contribution in [0.4, 0.5) is 0 Å². The molecule has 0 saturated carbocycles. The Balaban J connectivity index is 1.38. The van der Waals surface area contributed by atoms with E-state index in [0.29, 0.717) is 32.7 Å². The van der Waals surface area contributed by atoms with Crippen molar-refractivity contribution in [3.05, 3.63) is 119 Å². The SMILES string of the molecule is N#C/C(=C/NCc1ccc(C(=O)O)cc1)C(=O)N1CCN(C(c2ccccc2)c2ccccc2)CC1. The van der Waals surface area contributed by atoms with Crippen molar-refractivity contribution in [2.24, 2.45) is 0 Å². The number of carbonyl (C=O) groups excluding carboxylic acids is 1. The van der Waals surface area contributed by atoms with E-state index in [1.165, 1.54) is 29.5 Å². The monoisotopic (exact) mass is 480 g/mol. The van der Waals surface area contributed by atoms with Gasteiger partial charge in [0.05, 0.1) is 11.6 Å². The molecule has 182 valence electrons. The second kappa shape index (κ2) is 11.8. The maximum atomic E-state index is 13.0. The van der Waals surface area contributed by atoms with Crippen molar-refractivity contribution in [2.75, 3.05) is 26.2 Å². The lowest BCUT2D eigenvalue weighted by Crippen LogP contribution is -2.50. The average molecular weight is 481 g/mol. The molecule has 0 unspecified atom stereocenters. The van der Waals surface area contributed by atoms with E-state index >= 15 is 0 Å². The first-order chi connectivity index (χ1) is 17.6. The summed E-state index contributed by atoms with van der Waals surface area (Å²) in [4.78, 5) is 28.1. The zero-order valence-electron chi connectivity index (χ0n) is 19.9. The number of carboxylic acids is 1. The van der Waals surface area contributed by atoms with Crippen molar-refractivity contribution in [1.29, 1.82) is 5.26 Å². The molecule has 3 aromatic carbocycles. The number of amides is 1. The van der Waals surface area contributed by atoms with Crippen molar-refractivity contribution in [3.63, 3.8) is 0 Å². The second-order valence-corrected chi connectivity index (χ2v) is 8.60. The number of hydrogen-bond donors (Lipinski definition) is 2. The summed E-state index contributed by atoms with van der Waals surface area (Å²) in [6, 6.07) is 29.3. The van der Waals surface area contributed by atoms with Crippen LogP contribution >= 0.6 is 0 Å². The highest BCUT2D eigenvalue weighted by atomic mass is 16.4. The summed E-state index contributed by atoms with van der Waals surface area (Å²) in [5, 5.41) is 21.6. The number of aromatic carboxylic acids is 1. The third-order valence-corrected chi connectivity index (χ3v) is 6.30. The average Bonchev–Trinajstić information content (AvgIpc) is 2.93. The van der Waals surface area contributed by atoms with Crippen LogP contribution < -0.4 is 5.32 Å². The molecule has 1 aliphatic rings. The zero-order chi connectivity index (χ0) is 25.3. The van der Waals surface area contributed by atoms with E-state index in [9.17, 15) is 14.9 Å². The summed E-state index contributed by atoms with van der Waals surface area (Å²) >= 11 is 0. The lowest BCUT2D eigenvalue weighted by Gasteiger charge is -2.39. The van der Waals surface area contributed by atoms with Gasteiger partial charge in [0.2, 0.25) is 0 Å². The van der Waals surface area contributed by atoms with Crippen molar-refractivity contribution < 1.29 is 14.7 Å². The molecule has 4 rings (SSSR count). The van der Waals surface area contributed by atoms with E-state index in [4.69, 9.17) is 5.11 Å². The highest BCUT2D eigenvalue weighted by Gasteiger charge is 2.29. The van der Waals surface area contributed by atoms with Crippen LogP contribution in [0.3, 0.4) is 0 Å². The predicted molar refractivity (Wildman–Crippen MR) is 137 cm³/mol. The maximum Gasteiger partial charge on any atom is 0.335 e. The lowest BCUT2D eigenvalue weighted by molar-refractivity contribution is -0.128. The Labute approximate surface area is 210 Å². The number of nitrogens with one attached hydrogen (secondary N) is 1. The number of carbonyl (C=O) groups is 2. The van der Waals surface area contributed by atoms with Crippen LogP contribution in [0.2, 0.25) is 0 Å². The Morgan fingerprint density at radius 2 is 1.44 bits per heavy atom. The first kappa shape index (κ1) is 24.7. The van der Waals surface area contributed by atoms with Crippen molar-refractivity contribution in [1.82, 2.24) is 15.1 Å². The minimum absolute atomic E-state index is 0.0493. The molecule has 1 heterocycles. The molecule has 2 N–H and O–H groups in total. The van der Waals surface area contributed by atoms with Gasteiger partial charge in [-0.1, -0.05) is 72.8 Å². The fraction of sp³-hybridized carbons (Fsp3) is 0.207. The smallest absolute Gasteiger partial charge is 0.335 e. The maximum absolute atomic E-state index is 13.0. The van der Waals surface area contributed by atoms with Crippen LogP contribution in [0.15, 0.2) is 96.7 Å². The molecule has 0 aliphatic carbocycles. The van der Waals surface area contributed by atoms with Gasteiger partial charge >= 0.3 is 5.97 Å². The van der Waals surface area contributed by atoms with Gasteiger partial charge < -0.3 is 15.3 Å². The fourth-order valence-corrected chi connectivity index (χ4v) is 4.42. The molecular weight excluding hydrogens is 452 g/mol. The van der Waals surface area contributed by atoms with Gasteiger partial charge in [-0.05, 0) is 28.8 Å². The molecule has 7 heteroatoms. The Morgan fingerprint density at radius 3 is 1.94 bits per heavy atom. The van der Waals surface area contributed by atoms with Gasteiger partial charge in [0.25, 0.3) is 5.91 Å². The molecule has 1 saturated heterocycles. The van der Waals surface area contributed by atoms with Gasteiger partial charge in [-0.3, -0.25) is 9.69 Å². The number of piperazine rings is 1. The number of benzene rings is 3. The number of rotatable bonds is 8. The number of nitriles is 1. The Kier molecular flexibility index (Phi) is 8.12. The Hall–Kier alpha value is -4.41. The van der Waals surface area contributed by atoms with Crippen molar-refractivity contribution >= 4 is 11.9 Å². The van der Waals surface area contributed by atoms with Gasteiger partial charge in [0.1, 0.15) is 11.6 Å². The quantitative estimate of drug-likeness (QED) is 0.376. The fourth-order valence-electron chi connectivity index (χ4n) is 4.42. The molecule has 1 amide bonds. The third kappa shape index (κ3) is 5.98. The number of nitrogens with zero attached hydrogens (tertiary/aromatic N) is 3. The molecule has 0 radical (unpaired) electrons. The number of carboxylic acid groups (broad SMARTS) is 1. The predicted octanol–water partition coefficient (Wildman–Crippen LogP) is 3.82. The van der Waals surface area contributed by atoms with E-state index in [1.807, 2.05) is 42.5 Å². The Morgan fingerprint density at radius 1 is 0.889 bits per heavy atom. The van der Waals surface area contributed by atoms with Crippen LogP contribution in [0.25, 0.3) is 0 Å². The first-order valence-corrected chi connectivity index (χ1v) is 11.9. The summed E-state index contributed by atoms with van der Waals surface area (Å²) in [6.07, 6.45) is 1.44. The molecular formula is C29H28N4O3. The summed E-state index contributed by atoms with van der Waals surface area (Å²) < 4.78 is 0. The topological polar surface area (TPSA) is 96.7 Å². The molecule has 0 bridgehead atoms. The molecule has 0 aromatic heterocycles. The molecule has 0 spiro atoms. The molecule has 0 atom stereocenters. The van der Waals surface area contributed by atoms with Gasteiger partial charge in [-0.2, -0.15) is 5.26 Å². The Bertz CT molecular complexity index is 1200. The summed E-state index contributed by atoms with van der Waals surface area (Å²) in [6.45, 7) is 2.84. The lowest BCUT2D eigenvalue weighted by atomic mass is 9.96. The molecule has 3 aromatic rings. The van der Waals surface area contributed by atoms with Gasteiger partial charge in [0, 0.05) is 38.9 Å². The van der Waals surface area contributed by atoms with E-state index < -0.39 is 5.97 Å². The molecule has 7 nitrogen and oxygen atoms in total. The minimum atomic E-state index is -0.981. The molecule has 1 fully saturated rings. The van der Waals surface area contributed by atoms with Crippen LogP contribution in [-0.4, -0.2) is 53.0 Å². The standard InChI is InChI=1S/C29H28N4O3/c30-19-26(21-31-20-22-11-13-25(14-12-22)29(35)36)28(34)33-17-15-32(16-18-33)27(23-7-3-1-4-8-23)24-9-5-2-6-10-24/h1-14,21,27,31H,15-18,20H2,(H,35,36)/b26-21-. The van der Waals surface area contributed by atoms with Gasteiger partial charge in [-0.25, -0.2) is 4.79 Å². The van der Waals surface area contributed by atoms with Crippen LogP contribution in [0.5, 0.6) is 0 Å². The van der Waals surface area contributed by atoms with Gasteiger partial charge in [0.15, 0.2) is 0 Å². The summed E-state index contributed by atoms with van der Waals surface area (Å²) in [5.41, 5.74) is 3.53. The van der Waals surface area contributed by atoms with Gasteiger partial charge in [-0.15, -0.1) is 0 Å². The van der Waals surface area contributed by atoms with Crippen LogP contribution in [0.1, 0.15) is 33.1 Å². The van der Waals surface area contributed by atoms with E-state index in [0.717, 1.165) is 5.56 Å². The minimum Gasteiger partial charge on any atom is -0.478 e.